The van der Waals surface area contributed by atoms with Gasteiger partial charge < -0.3 is 15.0 Å². The summed E-state index contributed by atoms with van der Waals surface area (Å²) in [5.41, 5.74) is 2.41. The number of rotatable bonds is 5. The average molecular weight is 427 g/mol. The molecule has 0 saturated heterocycles. The zero-order valence-electron chi connectivity index (χ0n) is 16.4. The van der Waals surface area contributed by atoms with Crippen LogP contribution < -0.4 is 10.9 Å². The second-order valence-electron chi connectivity index (χ2n) is 7.14. The third-order valence-electron chi connectivity index (χ3n) is 4.99. The van der Waals surface area contributed by atoms with Gasteiger partial charge in [0.1, 0.15) is 5.69 Å². The average Bonchev–Trinajstić information content (AvgIpc) is 3.48. The van der Waals surface area contributed by atoms with Gasteiger partial charge in [0, 0.05) is 17.1 Å². The SMILES string of the molecule is COC(=O)c1c[nH]c(=O)c(NC(=O)c2cnn(-c3ccc(C)c(Cl)c3)c2C2CC2)c1. The second kappa shape index (κ2) is 7.79. The number of halogens is 1. The fourth-order valence-corrected chi connectivity index (χ4v) is 3.38. The van der Waals surface area contributed by atoms with E-state index < -0.39 is 17.4 Å². The van der Waals surface area contributed by atoms with Crippen molar-refractivity contribution in [2.24, 2.45) is 0 Å². The summed E-state index contributed by atoms with van der Waals surface area (Å²) in [6.45, 7) is 1.91. The van der Waals surface area contributed by atoms with E-state index in [0.29, 0.717) is 10.6 Å². The van der Waals surface area contributed by atoms with Crippen LogP contribution in [-0.2, 0) is 4.74 Å². The number of esters is 1. The van der Waals surface area contributed by atoms with Gasteiger partial charge in [0.05, 0.1) is 35.8 Å². The molecule has 30 heavy (non-hydrogen) atoms. The Labute approximate surface area is 176 Å². The summed E-state index contributed by atoms with van der Waals surface area (Å²) >= 11 is 6.26. The molecule has 2 heterocycles. The third-order valence-corrected chi connectivity index (χ3v) is 5.39. The Bertz CT molecular complexity index is 1210. The van der Waals surface area contributed by atoms with E-state index in [4.69, 9.17) is 11.6 Å². The van der Waals surface area contributed by atoms with E-state index in [1.165, 1.54) is 25.6 Å². The molecule has 1 fully saturated rings. The zero-order chi connectivity index (χ0) is 21.4. The van der Waals surface area contributed by atoms with Crippen LogP contribution >= 0.6 is 11.6 Å². The molecule has 1 saturated carbocycles. The Hall–Kier alpha value is -3.39. The van der Waals surface area contributed by atoms with Gasteiger partial charge in [-0.2, -0.15) is 5.10 Å². The lowest BCUT2D eigenvalue weighted by atomic mass is 10.1. The van der Waals surface area contributed by atoms with Crippen LogP contribution in [0.5, 0.6) is 0 Å². The fourth-order valence-electron chi connectivity index (χ4n) is 3.20. The number of anilines is 1. The Morgan fingerprint density at radius 2 is 2.07 bits per heavy atom. The first-order valence-electron chi connectivity index (χ1n) is 9.36. The first-order valence-corrected chi connectivity index (χ1v) is 9.73. The molecule has 0 atom stereocenters. The molecule has 8 nitrogen and oxygen atoms in total. The molecule has 154 valence electrons. The van der Waals surface area contributed by atoms with Gasteiger partial charge in [-0.3, -0.25) is 9.59 Å². The van der Waals surface area contributed by atoms with Crippen LogP contribution in [0.3, 0.4) is 0 Å². The van der Waals surface area contributed by atoms with Gasteiger partial charge in [-0.15, -0.1) is 0 Å². The van der Waals surface area contributed by atoms with E-state index in [-0.39, 0.29) is 17.2 Å². The van der Waals surface area contributed by atoms with E-state index in [1.54, 1.807) is 4.68 Å². The van der Waals surface area contributed by atoms with E-state index in [9.17, 15) is 14.4 Å². The lowest BCUT2D eigenvalue weighted by Gasteiger charge is -2.11. The summed E-state index contributed by atoms with van der Waals surface area (Å²) in [6, 6.07) is 6.88. The van der Waals surface area contributed by atoms with Crippen LogP contribution in [0.1, 0.15) is 50.7 Å². The Balaban J connectivity index is 1.69. The van der Waals surface area contributed by atoms with Gasteiger partial charge in [-0.1, -0.05) is 17.7 Å². The van der Waals surface area contributed by atoms with Gasteiger partial charge in [-0.05, 0) is 43.5 Å². The number of amides is 1. The van der Waals surface area contributed by atoms with Crippen LogP contribution in [-0.4, -0.2) is 33.8 Å². The molecular formula is C21H19ClN4O4. The van der Waals surface area contributed by atoms with Crippen molar-refractivity contribution in [3.05, 3.63) is 74.4 Å². The molecule has 4 rings (SSSR count). The van der Waals surface area contributed by atoms with Crippen LogP contribution in [0.25, 0.3) is 5.69 Å². The summed E-state index contributed by atoms with van der Waals surface area (Å²) in [6.07, 6.45) is 4.61. The summed E-state index contributed by atoms with van der Waals surface area (Å²) in [7, 11) is 1.24. The maximum Gasteiger partial charge on any atom is 0.339 e. The molecule has 0 spiro atoms. The molecular weight excluding hydrogens is 408 g/mol. The highest BCUT2D eigenvalue weighted by Crippen LogP contribution is 2.42. The Morgan fingerprint density at radius 1 is 1.30 bits per heavy atom. The molecule has 1 aliphatic carbocycles. The maximum absolute atomic E-state index is 13.0. The largest absolute Gasteiger partial charge is 0.465 e. The van der Waals surface area contributed by atoms with Gasteiger partial charge in [0.25, 0.3) is 11.5 Å². The molecule has 0 aliphatic heterocycles. The van der Waals surface area contributed by atoms with Crippen molar-refractivity contribution in [1.82, 2.24) is 14.8 Å². The first-order chi connectivity index (χ1) is 14.4. The monoisotopic (exact) mass is 426 g/mol. The summed E-state index contributed by atoms with van der Waals surface area (Å²) in [5.74, 6) is -0.897. The topological polar surface area (TPSA) is 106 Å². The smallest absolute Gasteiger partial charge is 0.339 e. The molecule has 0 unspecified atom stereocenters. The normalized spacial score (nSPS) is 13.2. The minimum atomic E-state index is -0.621. The number of benzene rings is 1. The van der Waals surface area contributed by atoms with Gasteiger partial charge >= 0.3 is 5.97 Å². The van der Waals surface area contributed by atoms with Crippen molar-refractivity contribution in [2.75, 3.05) is 12.4 Å². The van der Waals surface area contributed by atoms with Gasteiger partial charge in [0.2, 0.25) is 0 Å². The predicted octanol–water partition coefficient (Wildman–Crippen LogP) is 3.44. The first kappa shape index (κ1) is 19.9. The molecule has 2 N–H and O–H groups in total. The highest BCUT2D eigenvalue weighted by atomic mass is 35.5. The number of aryl methyl sites for hydroxylation is 1. The summed E-state index contributed by atoms with van der Waals surface area (Å²) in [4.78, 5) is 39.2. The molecule has 1 aromatic carbocycles. The van der Waals surface area contributed by atoms with Crippen LogP contribution in [0.15, 0.2) is 41.5 Å². The Kier molecular flexibility index (Phi) is 5.17. The van der Waals surface area contributed by atoms with Gasteiger partial charge in [0.15, 0.2) is 0 Å². The third kappa shape index (κ3) is 3.73. The number of aromatic nitrogens is 3. The minimum Gasteiger partial charge on any atom is -0.465 e. The molecule has 0 radical (unpaired) electrons. The number of carbonyl (C=O) groups is 2. The predicted molar refractivity (Wildman–Crippen MR) is 112 cm³/mol. The van der Waals surface area contributed by atoms with Crippen molar-refractivity contribution in [3.8, 4) is 5.69 Å². The highest BCUT2D eigenvalue weighted by Gasteiger charge is 2.33. The molecule has 1 aliphatic rings. The molecule has 0 bridgehead atoms. The van der Waals surface area contributed by atoms with Gasteiger partial charge in [-0.25, -0.2) is 9.48 Å². The number of H-pyrrole nitrogens is 1. The number of aromatic amines is 1. The number of carbonyl (C=O) groups excluding carboxylic acids is 2. The zero-order valence-corrected chi connectivity index (χ0v) is 17.1. The number of ether oxygens (including phenoxy) is 1. The van der Waals surface area contributed by atoms with Crippen molar-refractivity contribution in [2.45, 2.75) is 25.7 Å². The van der Waals surface area contributed by atoms with Crippen molar-refractivity contribution < 1.29 is 14.3 Å². The number of hydrogen-bond acceptors (Lipinski definition) is 5. The van der Waals surface area contributed by atoms with Crippen LogP contribution in [0.2, 0.25) is 5.02 Å². The Morgan fingerprint density at radius 3 is 2.73 bits per heavy atom. The van der Waals surface area contributed by atoms with Crippen LogP contribution in [0, 0.1) is 6.92 Å². The maximum atomic E-state index is 13.0. The molecule has 3 aromatic rings. The van der Waals surface area contributed by atoms with E-state index in [1.807, 2.05) is 25.1 Å². The fraction of sp³-hybridized carbons (Fsp3) is 0.238. The quantitative estimate of drug-likeness (QED) is 0.608. The number of methoxy groups -OCH3 is 1. The molecule has 1 amide bonds. The standard InChI is InChI=1S/C21H19ClN4O4/c1-11-3-6-14(8-16(11)22)26-18(12-4-5-12)15(10-24-26)19(27)25-17-7-13(21(29)30-2)9-23-20(17)28/h3,6-10,12H,4-5H2,1-2H3,(H,23,28)(H,25,27). The van der Waals surface area contributed by atoms with Crippen molar-refractivity contribution in [1.29, 1.82) is 0 Å². The van der Waals surface area contributed by atoms with E-state index in [0.717, 1.165) is 29.8 Å². The summed E-state index contributed by atoms with van der Waals surface area (Å²) < 4.78 is 6.37. The van der Waals surface area contributed by atoms with E-state index >= 15 is 0 Å². The van der Waals surface area contributed by atoms with E-state index in [2.05, 4.69) is 20.1 Å². The van der Waals surface area contributed by atoms with Crippen LogP contribution in [0.4, 0.5) is 5.69 Å². The minimum absolute atomic E-state index is 0.0456. The number of pyridine rings is 1. The van der Waals surface area contributed by atoms with Crippen molar-refractivity contribution >= 4 is 29.2 Å². The summed E-state index contributed by atoms with van der Waals surface area (Å²) in [5, 5.41) is 7.60. The highest BCUT2D eigenvalue weighted by molar-refractivity contribution is 6.31. The lowest BCUT2D eigenvalue weighted by Crippen LogP contribution is -2.21. The second-order valence-corrected chi connectivity index (χ2v) is 7.55. The molecule has 9 heteroatoms. The number of hydrogen-bond donors (Lipinski definition) is 2. The number of nitrogens with one attached hydrogen (secondary N) is 2. The lowest BCUT2D eigenvalue weighted by molar-refractivity contribution is 0.0600. The number of nitrogens with zero attached hydrogens (tertiary/aromatic N) is 2. The van der Waals surface area contributed by atoms with Crippen molar-refractivity contribution in [3.63, 3.8) is 0 Å². The molecule has 2 aromatic heterocycles.